The summed E-state index contributed by atoms with van der Waals surface area (Å²) in [4.78, 5) is 11.2. The molecule has 0 radical (unpaired) electrons. The number of aromatic nitrogens is 2. The first-order chi connectivity index (χ1) is 8.90. The van der Waals surface area contributed by atoms with E-state index in [-0.39, 0.29) is 10.7 Å². The summed E-state index contributed by atoms with van der Waals surface area (Å²) in [5, 5.41) is 6.31. The summed E-state index contributed by atoms with van der Waals surface area (Å²) in [6, 6.07) is 5.75. The van der Waals surface area contributed by atoms with Gasteiger partial charge < -0.3 is 0 Å². The van der Waals surface area contributed by atoms with Crippen LogP contribution in [0.2, 0.25) is 0 Å². The van der Waals surface area contributed by atoms with Crippen LogP contribution >= 0.6 is 0 Å². The molecule has 0 fully saturated rings. The fourth-order valence-corrected chi connectivity index (χ4v) is 2.60. The predicted octanol–water partition coefficient (Wildman–Crippen LogP) is 1.72. The van der Waals surface area contributed by atoms with Crippen molar-refractivity contribution in [2.24, 2.45) is 0 Å². The summed E-state index contributed by atoms with van der Waals surface area (Å²) in [6.07, 6.45) is 1.52. The molecule has 2 N–H and O–H groups in total. The zero-order valence-corrected chi connectivity index (χ0v) is 11.3. The van der Waals surface area contributed by atoms with Crippen molar-refractivity contribution >= 4 is 21.6 Å². The second kappa shape index (κ2) is 4.85. The number of benzene rings is 1. The number of hydrogen-bond acceptors (Lipinski definition) is 4. The lowest BCUT2D eigenvalue weighted by Crippen LogP contribution is -2.14. The molecule has 2 rings (SSSR count). The van der Waals surface area contributed by atoms with Gasteiger partial charge in [-0.1, -0.05) is 12.1 Å². The van der Waals surface area contributed by atoms with Crippen LogP contribution < -0.4 is 4.72 Å². The molecule has 0 aliphatic heterocycles. The smallest absolute Gasteiger partial charge is 0.263 e. The average molecular weight is 279 g/mol. The number of aromatic amines is 1. The lowest BCUT2D eigenvalue weighted by Gasteiger charge is -2.07. The second-order valence-electron chi connectivity index (χ2n) is 4.11. The van der Waals surface area contributed by atoms with Crippen LogP contribution in [-0.4, -0.2) is 24.4 Å². The van der Waals surface area contributed by atoms with Crippen molar-refractivity contribution in [2.45, 2.75) is 18.7 Å². The van der Waals surface area contributed by atoms with E-state index in [9.17, 15) is 13.2 Å². The summed E-state index contributed by atoms with van der Waals surface area (Å²) in [5.41, 5.74) is 1.17. The van der Waals surface area contributed by atoms with Crippen molar-refractivity contribution in [3.8, 4) is 0 Å². The van der Waals surface area contributed by atoms with Gasteiger partial charge in [-0.3, -0.25) is 14.6 Å². The third-order valence-corrected chi connectivity index (χ3v) is 4.00. The van der Waals surface area contributed by atoms with E-state index < -0.39 is 10.0 Å². The summed E-state index contributed by atoms with van der Waals surface area (Å²) < 4.78 is 26.6. The molecule has 7 heteroatoms. The number of sulfonamides is 1. The van der Waals surface area contributed by atoms with E-state index >= 15 is 0 Å². The van der Waals surface area contributed by atoms with E-state index in [1.165, 1.54) is 37.4 Å². The van der Waals surface area contributed by atoms with Crippen molar-refractivity contribution in [2.75, 3.05) is 4.72 Å². The Hall–Kier alpha value is -2.15. The van der Waals surface area contributed by atoms with Gasteiger partial charge in [0.05, 0.1) is 11.1 Å². The molecule has 0 atom stereocenters. The lowest BCUT2D eigenvalue weighted by molar-refractivity contribution is 0.101. The number of H-pyrrole nitrogens is 1. The molecule has 1 heterocycles. The van der Waals surface area contributed by atoms with E-state index in [2.05, 4.69) is 14.9 Å². The fourth-order valence-electron chi connectivity index (χ4n) is 1.51. The van der Waals surface area contributed by atoms with Crippen molar-refractivity contribution in [3.05, 3.63) is 41.6 Å². The van der Waals surface area contributed by atoms with Gasteiger partial charge in [0.2, 0.25) is 0 Å². The molecule has 19 heavy (non-hydrogen) atoms. The van der Waals surface area contributed by atoms with Crippen LogP contribution in [0.1, 0.15) is 22.8 Å². The first-order valence-electron chi connectivity index (χ1n) is 5.54. The van der Waals surface area contributed by atoms with E-state index in [1.54, 1.807) is 6.92 Å². The Morgan fingerprint density at radius 1 is 1.26 bits per heavy atom. The van der Waals surface area contributed by atoms with Crippen molar-refractivity contribution in [1.29, 1.82) is 0 Å². The number of Topliss-reactive ketones (excluding diaryl/α,β-unsaturated/α-hetero) is 1. The maximum absolute atomic E-state index is 12.1. The molecule has 1 aromatic carbocycles. The van der Waals surface area contributed by atoms with Crippen LogP contribution in [0, 0.1) is 6.92 Å². The highest BCUT2D eigenvalue weighted by Crippen LogP contribution is 2.17. The lowest BCUT2D eigenvalue weighted by atomic mass is 10.2. The van der Waals surface area contributed by atoms with Crippen LogP contribution in [0.3, 0.4) is 0 Å². The number of ketones is 1. The zero-order valence-electron chi connectivity index (χ0n) is 10.5. The van der Waals surface area contributed by atoms with Gasteiger partial charge in [0.1, 0.15) is 5.82 Å². The Morgan fingerprint density at radius 3 is 2.37 bits per heavy atom. The number of carbonyl (C=O) groups is 1. The fraction of sp³-hybridized carbons (Fsp3) is 0.167. The predicted molar refractivity (Wildman–Crippen MR) is 70.6 cm³/mol. The maximum atomic E-state index is 12.1. The highest BCUT2D eigenvalue weighted by atomic mass is 32.2. The highest BCUT2D eigenvalue weighted by Gasteiger charge is 2.16. The summed E-state index contributed by atoms with van der Waals surface area (Å²) in [7, 11) is -3.68. The number of hydrogen-bond donors (Lipinski definition) is 2. The molecular formula is C12H13N3O3S. The molecule has 0 amide bonds. The van der Waals surface area contributed by atoms with Crippen LogP contribution in [0.15, 0.2) is 35.4 Å². The van der Waals surface area contributed by atoms with Crippen molar-refractivity contribution in [1.82, 2.24) is 10.2 Å². The molecule has 0 aliphatic rings. The molecule has 0 unspecified atom stereocenters. The number of nitrogens with zero attached hydrogens (tertiary/aromatic N) is 1. The number of anilines is 1. The minimum Gasteiger partial charge on any atom is -0.295 e. The molecule has 0 aliphatic carbocycles. The molecule has 100 valence electrons. The standard InChI is InChI=1S/C12H13N3O3S/c1-8-7-13-14-12(8)15-19(17,18)11-5-3-10(4-6-11)9(2)16/h3-7H,1-2H3,(H2,13,14,15). The first kappa shape index (κ1) is 13.3. The summed E-state index contributed by atoms with van der Waals surface area (Å²) >= 11 is 0. The van der Waals surface area contributed by atoms with Crippen LogP contribution in [-0.2, 0) is 10.0 Å². The third kappa shape index (κ3) is 2.82. The Balaban J connectivity index is 2.29. The topological polar surface area (TPSA) is 91.9 Å². The quantitative estimate of drug-likeness (QED) is 0.833. The number of aryl methyl sites for hydroxylation is 1. The maximum Gasteiger partial charge on any atom is 0.263 e. The summed E-state index contributed by atoms with van der Waals surface area (Å²) in [5.74, 6) is 0.219. The largest absolute Gasteiger partial charge is 0.295 e. The molecule has 2 aromatic rings. The minimum atomic E-state index is -3.68. The van der Waals surface area contributed by atoms with Gasteiger partial charge >= 0.3 is 0 Å². The minimum absolute atomic E-state index is 0.0894. The Labute approximate surface area is 110 Å². The van der Waals surface area contributed by atoms with Crippen LogP contribution in [0.25, 0.3) is 0 Å². The monoisotopic (exact) mass is 279 g/mol. The molecule has 0 saturated carbocycles. The molecule has 0 bridgehead atoms. The summed E-state index contributed by atoms with van der Waals surface area (Å²) in [6.45, 7) is 3.16. The van der Waals surface area contributed by atoms with Crippen molar-refractivity contribution in [3.63, 3.8) is 0 Å². The van der Waals surface area contributed by atoms with E-state index in [4.69, 9.17) is 0 Å². The normalized spacial score (nSPS) is 11.3. The van der Waals surface area contributed by atoms with Gasteiger partial charge in [-0.15, -0.1) is 0 Å². The van der Waals surface area contributed by atoms with Gasteiger partial charge in [-0.05, 0) is 26.0 Å². The van der Waals surface area contributed by atoms with Crippen LogP contribution in [0.5, 0.6) is 0 Å². The highest BCUT2D eigenvalue weighted by molar-refractivity contribution is 7.92. The molecule has 0 saturated heterocycles. The third-order valence-electron chi connectivity index (χ3n) is 2.64. The number of carbonyl (C=O) groups excluding carboxylic acids is 1. The Morgan fingerprint density at radius 2 is 1.89 bits per heavy atom. The van der Waals surface area contributed by atoms with Gasteiger partial charge in [-0.25, -0.2) is 8.42 Å². The van der Waals surface area contributed by atoms with E-state index in [1.807, 2.05) is 0 Å². The van der Waals surface area contributed by atoms with Gasteiger partial charge in [-0.2, -0.15) is 5.10 Å². The average Bonchev–Trinajstić information content (AvgIpc) is 2.74. The molecule has 1 aromatic heterocycles. The van der Waals surface area contributed by atoms with Gasteiger partial charge in [0.25, 0.3) is 10.0 Å². The first-order valence-corrected chi connectivity index (χ1v) is 7.02. The van der Waals surface area contributed by atoms with E-state index in [0.29, 0.717) is 16.9 Å². The van der Waals surface area contributed by atoms with E-state index in [0.717, 1.165) is 0 Å². The Kier molecular flexibility index (Phi) is 3.39. The second-order valence-corrected chi connectivity index (χ2v) is 5.80. The number of rotatable bonds is 4. The molecule has 0 spiro atoms. The number of nitrogens with one attached hydrogen (secondary N) is 2. The molecular weight excluding hydrogens is 266 g/mol. The van der Waals surface area contributed by atoms with Crippen LogP contribution in [0.4, 0.5) is 5.82 Å². The Bertz CT molecular complexity index is 702. The van der Waals surface area contributed by atoms with Crippen molar-refractivity contribution < 1.29 is 13.2 Å². The zero-order chi connectivity index (χ0) is 14.0. The SMILES string of the molecule is CC(=O)c1ccc(S(=O)(=O)Nc2[nH]ncc2C)cc1. The van der Waals surface area contributed by atoms with Gasteiger partial charge in [0, 0.05) is 11.1 Å². The molecule has 6 nitrogen and oxygen atoms in total. The van der Waals surface area contributed by atoms with Gasteiger partial charge in [0.15, 0.2) is 5.78 Å².